The molecule has 0 spiro atoms. The Balaban J connectivity index is 1.48. The van der Waals surface area contributed by atoms with Crippen molar-refractivity contribution in [1.82, 2.24) is 20.0 Å². The van der Waals surface area contributed by atoms with Gasteiger partial charge in [-0.1, -0.05) is 48.5 Å². The average Bonchev–Trinajstić information content (AvgIpc) is 3.41. The molecule has 9 nitrogen and oxygen atoms in total. The van der Waals surface area contributed by atoms with E-state index in [9.17, 15) is 9.59 Å². The van der Waals surface area contributed by atoms with Crippen molar-refractivity contribution >= 4 is 34.8 Å². The number of hydrogen-bond donors (Lipinski definition) is 2. The molecule has 2 saturated heterocycles. The number of carbonyl (C=O) groups is 2. The number of piperidine rings is 1. The fourth-order valence-electron chi connectivity index (χ4n) is 5.87. The van der Waals surface area contributed by atoms with E-state index < -0.39 is 11.4 Å². The van der Waals surface area contributed by atoms with E-state index in [1.54, 1.807) is 48.4 Å². The molecule has 2 heterocycles. The summed E-state index contributed by atoms with van der Waals surface area (Å²) in [5, 5.41) is 6.80. The average molecular weight is 620 g/mol. The molecule has 2 N–H and O–H groups in total. The van der Waals surface area contributed by atoms with Gasteiger partial charge in [0.05, 0.1) is 32.5 Å². The van der Waals surface area contributed by atoms with Crippen molar-refractivity contribution < 1.29 is 23.5 Å². The van der Waals surface area contributed by atoms with Gasteiger partial charge in [-0.2, -0.15) is 0 Å². The van der Waals surface area contributed by atoms with Gasteiger partial charge in [-0.25, -0.2) is 4.39 Å². The molecule has 0 aliphatic carbocycles. The predicted molar refractivity (Wildman–Crippen MR) is 171 cm³/mol. The molecule has 0 aromatic heterocycles. The Labute approximate surface area is 262 Å². The third-order valence-corrected chi connectivity index (χ3v) is 8.89. The Hall–Kier alpha value is -4.22. The van der Waals surface area contributed by atoms with E-state index in [0.717, 1.165) is 5.56 Å². The summed E-state index contributed by atoms with van der Waals surface area (Å²) in [7, 11) is 5.05. The summed E-state index contributed by atoms with van der Waals surface area (Å²) >= 11 is 5.63. The van der Waals surface area contributed by atoms with Crippen LogP contribution in [0.2, 0.25) is 0 Å². The first kappa shape index (κ1) is 31.2. The van der Waals surface area contributed by atoms with Gasteiger partial charge in [-0.05, 0) is 55.9 Å². The Kier molecular flexibility index (Phi) is 9.65. The number of nitrogens with zero attached hydrogens (tertiary/aromatic N) is 3. The summed E-state index contributed by atoms with van der Waals surface area (Å²) in [6, 6.07) is 21.3. The van der Waals surface area contributed by atoms with E-state index in [2.05, 4.69) is 15.5 Å². The molecule has 0 bridgehead atoms. The summed E-state index contributed by atoms with van der Waals surface area (Å²) in [5.74, 6) is -0.105. The van der Waals surface area contributed by atoms with E-state index in [1.165, 1.54) is 13.2 Å². The molecule has 2 aliphatic heterocycles. The maximum atomic E-state index is 15.1. The fourth-order valence-corrected chi connectivity index (χ4v) is 6.15. The minimum absolute atomic E-state index is 0.0552. The molecule has 5 rings (SSSR count). The normalized spacial score (nSPS) is 18.0. The number of ether oxygens (including phenoxy) is 2. The van der Waals surface area contributed by atoms with Crippen LogP contribution in [-0.2, 0) is 16.1 Å². The topological polar surface area (TPSA) is 86.4 Å². The first-order chi connectivity index (χ1) is 21.2. The molecule has 3 aromatic rings. The lowest BCUT2D eigenvalue weighted by atomic mass is 9.83. The Bertz CT molecular complexity index is 1500. The Morgan fingerprint density at radius 1 is 1.05 bits per heavy atom. The highest BCUT2D eigenvalue weighted by Crippen LogP contribution is 2.35. The molecule has 1 unspecified atom stereocenters. The number of amides is 2. The SMILES string of the molecule is COc1ccc(NC(=O)C2(N(Cc3ccccc3F)C(=O)CN3CC(c4ccccc4)NC3=S)CCN(C)CC2)c(OC)c1. The number of rotatable bonds is 10. The van der Waals surface area contributed by atoms with E-state index in [-0.39, 0.29) is 30.9 Å². The Morgan fingerprint density at radius 3 is 2.43 bits per heavy atom. The van der Waals surface area contributed by atoms with Crippen molar-refractivity contribution in [3.63, 3.8) is 0 Å². The summed E-state index contributed by atoms with van der Waals surface area (Å²) in [5.41, 5.74) is 0.584. The number of thiocarbonyl (C=S) groups is 1. The zero-order valence-electron chi connectivity index (χ0n) is 25.2. The molecule has 1 atom stereocenters. The van der Waals surface area contributed by atoms with Crippen molar-refractivity contribution in [1.29, 1.82) is 0 Å². The van der Waals surface area contributed by atoms with Gasteiger partial charge >= 0.3 is 0 Å². The Morgan fingerprint density at radius 2 is 1.75 bits per heavy atom. The number of likely N-dealkylation sites (tertiary alicyclic amines) is 1. The first-order valence-corrected chi connectivity index (χ1v) is 15.0. The minimum atomic E-state index is -1.26. The second-order valence-electron chi connectivity index (χ2n) is 11.2. The van der Waals surface area contributed by atoms with Crippen LogP contribution < -0.4 is 20.1 Å². The van der Waals surface area contributed by atoms with E-state index >= 15 is 4.39 Å². The van der Waals surface area contributed by atoms with Crippen LogP contribution in [0.5, 0.6) is 11.5 Å². The highest BCUT2D eigenvalue weighted by Gasteiger charge is 2.49. The maximum absolute atomic E-state index is 15.1. The largest absolute Gasteiger partial charge is 0.497 e. The van der Waals surface area contributed by atoms with Gasteiger partial charge in [-0.3, -0.25) is 9.59 Å². The fraction of sp³-hybridized carbons (Fsp3) is 0.364. The zero-order valence-corrected chi connectivity index (χ0v) is 26.0. The van der Waals surface area contributed by atoms with E-state index in [1.807, 2.05) is 42.3 Å². The van der Waals surface area contributed by atoms with Gasteiger partial charge in [-0.15, -0.1) is 0 Å². The quantitative estimate of drug-likeness (QED) is 0.327. The van der Waals surface area contributed by atoms with Crippen molar-refractivity contribution in [3.8, 4) is 11.5 Å². The second-order valence-corrected chi connectivity index (χ2v) is 11.6. The molecule has 0 saturated carbocycles. The summed E-state index contributed by atoms with van der Waals surface area (Å²) in [6.45, 7) is 1.52. The highest BCUT2D eigenvalue weighted by atomic mass is 32.1. The number of nitrogens with one attached hydrogen (secondary N) is 2. The molecule has 232 valence electrons. The van der Waals surface area contributed by atoms with Gasteiger partial charge in [0, 0.05) is 37.8 Å². The number of carbonyl (C=O) groups excluding carboxylic acids is 2. The summed E-state index contributed by atoms with van der Waals surface area (Å²) < 4.78 is 25.9. The number of anilines is 1. The van der Waals surface area contributed by atoms with Crippen LogP contribution in [0.25, 0.3) is 0 Å². The highest BCUT2D eigenvalue weighted by molar-refractivity contribution is 7.80. The smallest absolute Gasteiger partial charge is 0.250 e. The van der Waals surface area contributed by atoms with E-state index in [4.69, 9.17) is 21.7 Å². The summed E-state index contributed by atoms with van der Waals surface area (Å²) in [4.78, 5) is 34.3. The maximum Gasteiger partial charge on any atom is 0.250 e. The van der Waals surface area contributed by atoms with Gasteiger partial charge in [0.1, 0.15) is 22.9 Å². The summed E-state index contributed by atoms with van der Waals surface area (Å²) in [6.07, 6.45) is 0.729. The predicted octanol–water partition coefficient (Wildman–Crippen LogP) is 4.21. The van der Waals surface area contributed by atoms with Crippen LogP contribution in [0.3, 0.4) is 0 Å². The van der Waals surface area contributed by atoms with Gasteiger partial charge in [0.15, 0.2) is 5.11 Å². The molecule has 3 aromatic carbocycles. The molecular weight excluding hydrogens is 581 g/mol. The molecule has 11 heteroatoms. The van der Waals surface area contributed by atoms with Crippen LogP contribution in [0, 0.1) is 5.82 Å². The minimum Gasteiger partial charge on any atom is -0.497 e. The van der Waals surface area contributed by atoms with Crippen molar-refractivity contribution in [2.75, 3.05) is 52.8 Å². The van der Waals surface area contributed by atoms with Gasteiger partial charge in [0.2, 0.25) is 5.91 Å². The second kappa shape index (κ2) is 13.6. The van der Waals surface area contributed by atoms with Crippen LogP contribution in [0.15, 0.2) is 72.8 Å². The van der Waals surface area contributed by atoms with Crippen molar-refractivity contribution in [2.45, 2.75) is 31.0 Å². The van der Waals surface area contributed by atoms with Crippen LogP contribution in [0.4, 0.5) is 10.1 Å². The van der Waals surface area contributed by atoms with Gasteiger partial charge in [0.25, 0.3) is 5.91 Å². The lowest BCUT2D eigenvalue weighted by Crippen LogP contribution is -2.64. The molecule has 2 amide bonds. The number of hydrogen-bond acceptors (Lipinski definition) is 6. The lowest BCUT2D eigenvalue weighted by molar-refractivity contribution is -0.150. The van der Waals surface area contributed by atoms with Crippen LogP contribution in [0.1, 0.15) is 30.0 Å². The number of halogens is 1. The standard InChI is InChI=1S/C33H38FN5O4S/c1-37-17-15-33(16-18-37,31(41)35-27-14-13-25(42-2)19-29(27)43-3)39(20-24-11-7-8-12-26(24)34)30(40)22-38-21-28(36-32(38)44)23-9-5-4-6-10-23/h4-14,19,28H,15-18,20-22H2,1-3H3,(H,35,41)(H,36,44). The zero-order chi connectivity index (χ0) is 31.3. The molecule has 2 fully saturated rings. The molecular formula is C33H38FN5O4S. The third kappa shape index (κ3) is 6.63. The third-order valence-electron chi connectivity index (χ3n) is 8.51. The van der Waals surface area contributed by atoms with E-state index in [0.29, 0.717) is 60.3 Å². The number of methoxy groups -OCH3 is 2. The first-order valence-electron chi connectivity index (χ1n) is 14.6. The van der Waals surface area contributed by atoms with Crippen LogP contribution >= 0.6 is 12.2 Å². The van der Waals surface area contributed by atoms with Crippen molar-refractivity contribution in [2.24, 2.45) is 0 Å². The van der Waals surface area contributed by atoms with Crippen LogP contribution in [-0.4, -0.2) is 84.6 Å². The molecule has 2 aliphatic rings. The van der Waals surface area contributed by atoms with Crippen molar-refractivity contribution in [3.05, 3.63) is 89.7 Å². The van der Waals surface area contributed by atoms with Gasteiger partial charge < -0.3 is 34.8 Å². The monoisotopic (exact) mass is 619 g/mol. The molecule has 44 heavy (non-hydrogen) atoms. The lowest BCUT2D eigenvalue weighted by Gasteiger charge is -2.47. The number of benzene rings is 3. The molecule has 0 radical (unpaired) electrons.